The lowest BCUT2D eigenvalue weighted by Crippen LogP contribution is -3.11. The van der Waals surface area contributed by atoms with Crippen LogP contribution in [0.25, 0.3) is 0 Å². The summed E-state index contributed by atoms with van der Waals surface area (Å²) in [5.41, 5.74) is 1.24. The molecule has 0 atom stereocenters. The Hall–Kier alpha value is -1.28. The van der Waals surface area contributed by atoms with Crippen LogP contribution in [-0.4, -0.2) is 26.2 Å². The van der Waals surface area contributed by atoms with Crippen molar-refractivity contribution >= 4 is 0 Å². The van der Waals surface area contributed by atoms with Crippen LogP contribution in [0.3, 0.4) is 0 Å². The molecule has 2 heteroatoms. The number of quaternary nitrogens is 1. The van der Waals surface area contributed by atoms with E-state index < -0.39 is 0 Å². The quantitative estimate of drug-likeness (QED) is 0.596. The first-order valence-electron chi connectivity index (χ1n) is 8.05. The average molecular weight is 274 g/mol. The third-order valence-corrected chi connectivity index (χ3v) is 4.08. The van der Waals surface area contributed by atoms with Crippen LogP contribution in [0.2, 0.25) is 0 Å². The summed E-state index contributed by atoms with van der Waals surface area (Å²) in [5.74, 6) is 1.03. The molecule has 1 heterocycles. The molecule has 1 aliphatic heterocycles. The van der Waals surface area contributed by atoms with Crippen LogP contribution in [-0.2, 0) is 6.42 Å². The van der Waals surface area contributed by atoms with Crippen molar-refractivity contribution in [2.45, 2.75) is 38.5 Å². The molecule has 0 unspecified atom stereocenters. The first-order valence-corrected chi connectivity index (χ1v) is 8.05. The molecule has 0 bridgehead atoms. The van der Waals surface area contributed by atoms with Crippen molar-refractivity contribution in [2.75, 3.05) is 26.2 Å². The lowest BCUT2D eigenvalue weighted by atomic mass is 10.1. The number of para-hydroxylation sites is 1. The van der Waals surface area contributed by atoms with Crippen LogP contribution in [0, 0.1) is 0 Å². The number of benzene rings is 1. The Morgan fingerprint density at radius 1 is 1.10 bits per heavy atom. The zero-order valence-electron chi connectivity index (χ0n) is 12.6. The second-order valence-electron chi connectivity index (χ2n) is 5.72. The van der Waals surface area contributed by atoms with E-state index in [-0.39, 0.29) is 0 Å². The molecule has 1 N–H and O–H groups in total. The second-order valence-corrected chi connectivity index (χ2v) is 5.72. The molecule has 1 saturated heterocycles. The minimum Gasteiger partial charge on any atom is -0.493 e. The van der Waals surface area contributed by atoms with Gasteiger partial charge in [0.1, 0.15) is 5.75 Å². The van der Waals surface area contributed by atoms with Gasteiger partial charge in [-0.3, -0.25) is 0 Å². The molecular weight excluding hydrogens is 246 g/mol. The smallest absolute Gasteiger partial charge is 0.122 e. The number of allylic oxidation sites excluding steroid dienone is 1. The van der Waals surface area contributed by atoms with Gasteiger partial charge in [0.05, 0.1) is 26.2 Å². The molecule has 0 aliphatic carbocycles. The third-order valence-electron chi connectivity index (χ3n) is 4.08. The van der Waals surface area contributed by atoms with Gasteiger partial charge in [-0.05, 0) is 43.7 Å². The number of hydrogen-bond donors (Lipinski definition) is 1. The van der Waals surface area contributed by atoms with Crippen molar-refractivity contribution in [3.8, 4) is 5.75 Å². The lowest BCUT2D eigenvalue weighted by Gasteiger charge is -2.17. The van der Waals surface area contributed by atoms with Crippen LogP contribution in [0.5, 0.6) is 5.75 Å². The normalized spacial score (nSPS) is 16.6. The maximum Gasteiger partial charge on any atom is 0.122 e. The summed E-state index contributed by atoms with van der Waals surface area (Å²) in [7, 11) is 0. The molecule has 0 spiro atoms. The number of hydrogen-bond acceptors (Lipinski definition) is 1. The largest absolute Gasteiger partial charge is 0.493 e. The predicted octanol–water partition coefficient (Wildman–Crippen LogP) is 2.64. The highest BCUT2D eigenvalue weighted by molar-refractivity contribution is 5.34. The van der Waals surface area contributed by atoms with Gasteiger partial charge in [-0.25, -0.2) is 0 Å². The van der Waals surface area contributed by atoms with Gasteiger partial charge < -0.3 is 9.64 Å². The first-order chi connectivity index (χ1) is 9.90. The monoisotopic (exact) mass is 274 g/mol. The summed E-state index contributed by atoms with van der Waals surface area (Å²) in [6.07, 6.45) is 9.62. The lowest BCUT2D eigenvalue weighted by molar-refractivity contribution is -0.899. The average Bonchev–Trinajstić information content (AvgIpc) is 2.74. The zero-order valence-corrected chi connectivity index (χ0v) is 12.6. The minimum absolute atomic E-state index is 0.831. The molecule has 0 aromatic heterocycles. The van der Waals surface area contributed by atoms with E-state index in [9.17, 15) is 0 Å². The molecule has 0 amide bonds. The molecule has 1 aliphatic rings. The Morgan fingerprint density at radius 3 is 2.60 bits per heavy atom. The zero-order chi connectivity index (χ0) is 14.0. The number of likely N-dealkylation sites (tertiary alicyclic amines) is 1. The van der Waals surface area contributed by atoms with E-state index in [0.29, 0.717) is 0 Å². The standard InChI is InChI=1S/C18H27NO/c1-2-10-17-11-5-6-12-18(17)20-16-9-15-19-13-7-3-4-8-14-19/h2,5-6,11-12H,1,3-4,7-10,13-16H2/p+1. The Morgan fingerprint density at radius 2 is 1.85 bits per heavy atom. The Kier molecular flexibility index (Phi) is 6.65. The summed E-state index contributed by atoms with van der Waals surface area (Å²) in [5, 5.41) is 0. The van der Waals surface area contributed by atoms with Crippen LogP contribution in [0.4, 0.5) is 0 Å². The molecule has 2 rings (SSSR count). The van der Waals surface area contributed by atoms with E-state index in [1.54, 1.807) is 4.90 Å². The summed E-state index contributed by atoms with van der Waals surface area (Å²) < 4.78 is 5.95. The fourth-order valence-electron chi connectivity index (χ4n) is 2.95. The van der Waals surface area contributed by atoms with Crippen LogP contribution in [0.15, 0.2) is 36.9 Å². The molecule has 0 radical (unpaired) electrons. The van der Waals surface area contributed by atoms with E-state index in [1.165, 1.54) is 50.9 Å². The van der Waals surface area contributed by atoms with Gasteiger partial charge in [-0.2, -0.15) is 0 Å². The molecular formula is C18H28NO+. The van der Waals surface area contributed by atoms with Crippen molar-refractivity contribution < 1.29 is 9.64 Å². The van der Waals surface area contributed by atoms with Crippen molar-refractivity contribution in [3.63, 3.8) is 0 Å². The Labute approximate surface area is 123 Å². The van der Waals surface area contributed by atoms with Crippen LogP contribution < -0.4 is 9.64 Å². The van der Waals surface area contributed by atoms with Crippen LogP contribution >= 0.6 is 0 Å². The highest BCUT2D eigenvalue weighted by Crippen LogP contribution is 2.18. The number of rotatable bonds is 7. The van der Waals surface area contributed by atoms with E-state index in [1.807, 2.05) is 12.1 Å². The molecule has 2 nitrogen and oxygen atoms in total. The van der Waals surface area contributed by atoms with Crippen LogP contribution in [0.1, 0.15) is 37.7 Å². The number of nitrogens with one attached hydrogen (secondary N) is 1. The second kappa shape index (κ2) is 8.80. The van der Waals surface area contributed by atoms with Crippen molar-refractivity contribution in [1.29, 1.82) is 0 Å². The third kappa shape index (κ3) is 5.01. The summed E-state index contributed by atoms with van der Waals surface area (Å²) in [6, 6.07) is 8.30. The first kappa shape index (κ1) is 15.1. The van der Waals surface area contributed by atoms with Gasteiger partial charge in [-0.15, -0.1) is 6.58 Å². The maximum absolute atomic E-state index is 5.95. The molecule has 20 heavy (non-hydrogen) atoms. The SMILES string of the molecule is C=CCc1ccccc1OCCC[NH+]1CCCCCC1. The molecule has 0 saturated carbocycles. The molecule has 1 fully saturated rings. The van der Waals surface area contributed by atoms with E-state index in [2.05, 4.69) is 24.8 Å². The maximum atomic E-state index is 5.95. The fourth-order valence-corrected chi connectivity index (χ4v) is 2.95. The van der Waals surface area contributed by atoms with E-state index >= 15 is 0 Å². The topological polar surface area (TPSA) is 13.7 Å². The summed E-state index contributed by atoms with van der Waals surface area (Å²) in [6.45, 7) is 8.60. The highest BCUT2D eigenvalue weighted by Gasteiger charge is 2.11. The van der Waals surface area contributed by atoms with Crippen molar-refractivity contribution in [1.82, 2.24) is 0 Å². The highest BCUT2D eigenvalue weighted by atomic mass is 16.5. The van der Waals surface area contributed by atoms with Gasteiger partial charge >= 0.3 is 0 Å². The van der Waals surface area contributed by atoms with Crippen molar-refractivity contribution in [2.24, 2.45) is 0 Å². The molecule has 1 aromatic carbocycles. The summed E-state index contributed by atoms with van der Waals surface area (Å²) >= 11 is 0. The van der Waals surface area contributed by atoms with E-state index in [0.717, 1.165) is 25.2 Å². The predicted molar refractivity (Wildman–Crippen MR) is 84.5 cm³/mol. The van der Waals surface area contributed by atoms with Gasteiger partial charge in [0, 0.05) is 6.42 Å². The van der Waals surface area contributed by atoms with Gasteiger partial charge in [0.25, 0.3) is 0 Å². The molecule has 110 valence electrons. The van der Waals surface area contributed by atoms with E-state index in [4.69, 9.17) is 4.74 Å². The Balaban J connectivity index is 1.71. The fraction of sp³-hybridized carbons (Fsp3) is 0.556. The number of ether oxygens (including phenoxy) is 1. The molecule has 1 aromatic rings. The van der Waals surface area contributed by atoms with Crippen molar-refractivity contribution in [3.05, 3.63) is 42.5 Å². The summed E-state index contributed by atoms with van der Waals surface area (Å²) in [4.78, 5) is 1.77. The minimum atomic E-state index is 0.831. The van der Waals surface area contributed by atoms with Gasteiger partial charge in [0.2, 0.25) is 0 Å². The van der Waals surface area contributed by atoms with Gasteiger partial charge in [0.15, 0.2) is 0 Å². The van der Waals surface area contributed by atoms with Gasteiger partial charge in [-0.1, -0.05) is 24.3 Å². The Bertz CT molecular complexity index is 394.